The van der Waals surface area contributed by atoms with Gasteiger partial charge in [-0.05, 0) is 24.8 Å². The van der Waals surface area contributed by atoms with Crippen molar-refractivity contribution in [2.24, 2.45) is 11.7 Å². The van der Waals surface area contributed by atoms with Gasteiger partial charge in [0.2, 0.25) is 5.91 Å². The first-order valence-corrected chi connectivity index (χ1v) is 6.50. The Morgan fingerprint density at radius 3 is 2.44 bits per heavy atom. The van der Waals surface area contributed by atoms with Gasteiger partial charge in [-0.15, -0.1) is 0 Å². The molecule has 1 rings (SSSR count). The molecule has 0 bridgehead atoms. The molecule has 0 saturated carbocycles. The van der Waals surface area contributed by atoms with Crippen LogP contribution in [0, 0.1) is 5.92 Å². The van der Waals surface area contributed by atoms with Gasteiger partial charge in [0.15, 0.2) is 0 Å². The van der Waals surface area contributed by atoms with Crippen molar-refractivity contribution >= 4 is 5.91 Å². The molecule has 0 saturated heterocycles. The highest BCUT2D eigenvalue weighted by atomic mass is 16.1. The van der Waals surface area contributed by atoms with E-state index in [4.69, 9.17) is 5.73 Å². The molecule has 100 valence electrons. The van der Waals surface area contributed by atoms with Gasteiger partial charge < -0.3 is 11.1 Å². The summed E-state index contributed by atoms with van der Waals surface area (Å²) in [6.45, 7) is 6.75. The summed E-state index contributed by atoms with van der Waals surface area (Å²) in [5.41, 5.74) is 6.50. The number of benzene rings is 1. The summed E-state index contributed by atoms with van der Waals surface area (Å²) >= 11 is 0. The molecule has 0 aliphatic heterocycles. The molecule has 1 aromatic rings. The Kier molecular flexibility index (Phi) is 5.35. The number of nitrogens with two attached hydrogens (primary N) is 1. The first-order chi connectivity index (χ1) is 8.45. The Hall–Kier alpha value is -1.35. The van der Waals surface area contributed by atoms with Crippen molar-refractivity contribution in [2.75, 3.05) is 6.54 Å². The number of nitrogens with one attached hydrogen (secondary N) is 1. The second kappa shape index (κ2) is 6.55. The average molecular weight is 248 g/mol. The molecule has 1 amide bonds. The minimum atomic E-state index is -0.306. The third kappa shape index (κ3) is 4.88. The first kappa shape index (κ1) is 14.7. The van der Waals surface area contributed by atoms with Crippen LogP contribution in [0.3, 0.4) is 0 Å². The Morgan fingerprint density at radius 2 is 1.94 bits per heavy atom. The monoisotopic (exact) mass is 248 g/mol. The van der Waals surface area contributed by atoms with Gasteiger partial charge in [0, 0.05) is 12.1 Å². The van der Waals surface area contributed by atoms with Crippen LogP contribution in [-0.2, 0) is 11.2 Å². The summed E-state index contributed by atoms with van der Waals surface area (Å²) in [5, 5.41) is 3.06. The van der Waals surface area contributed by atoms with Crippen molar-refractivity contribution < 1.29 is 4.79 Å². The predicted octanol–water partition coefficient (Wildman–Crippen LogP) is 2.11. The summed E-state index contributed by atoms with van der Waals surface area (Å²) < 4.78 is 0. The van der Waals surface area contributed by atoms with Crippen LogP contribution in [0.1, 0.15) is 32.8 Å². The van der Waals surface area contributed by atoms with Crippen LogP contribution in [0.2, 0.25) is 0 Å². The fraction of sp³-hybridized carbons (Fsp3) is 0.533. The normalized spacial score (nSPS) is 14.3. The van der Waals surface area contributed by atoms with Crippen molar-refractivity contribution in [2.45, 2.75) is 39.2 Å². The fourth-order valence-corrected chi connectivity index (χ4v) is 2.25. The first-order valence-electron chi connectivity index (χ1n) is 6.50. The minimum absolute atomic E-state index is 0.0369. The Morgan fingerprint density at radius 1 is 1.33 bits per heavy atom. The summed E-state index contributed by atoms with van der Waals surface area (Å²) in [6.07, 6.45) is 1.30. The lowest BCUT2D eigenvalue weighted by Crippen LogP contribution is -2.52. The van der Waals surface area contributed by atoms with Crippen LogP contribution in [0.5, 0.6) is 0 Å². The molecule has 18 heavy (non-hydrogen) atoms. The van der Waals surface area contributed by atoms with Crippen molar-refractivity contribution in [3.8, 4) is 0 Å². The van der Waals surface area contributed by atoms with E-state index in [-0.39, 0.29) is 11.4 Å². The maximum atomic E-state index is 12.0. The molecule has 3 heteroatoms. The summed E-state index contributed by atoms with van der Waals surface area (Å²) in [4.78, 5) is 12.0. The quantitative estimate of drug-likeness (QED) is 0.810. The number of carbonyl (C=O) groups excluding carboxylic acids is 1. The van der Waals surface area contributed by atoms with Gasteiger partial charge >= 0.3 is 0 Å². The van der Waals surface area contributed by atoms with E-state index in [0.717, 1.165) is 12.0 Å². The molecule has 0 radical (unpaired) electrons. The van der Waals surface area contributed by atoms with E-state index in [1.54, 1.807) is 0 Å². The number of hydrogen-bond acceptors (Lipinski definition) is 2. The maximum Gasteiger partial charge on any atom is 0.224 e. The van der Waals surface area contributed by atoms with Gasteiger partial charge in [0.1, 0.15) is 0 Å². The third-order valence-electron chi connectivity index (χ3n) is 2.96. The lowest BCUT2D eigenvalue weighted by Gasteiger charge is -2.31. The largest absolute Gasteiger partial charge is 0.349 e. The number of amides is 1. The molecule has 1 aromatic carbocycles. The van der Waals surface area contributed by atoms with E-state index in [1.807, 2.05) is 37.3 Å². The predicted molar refractivity (Wildman–Crippen MR) is 75.2 cm³/mol. The van der Waals surface area contributed by atoms with Crippen molar-refractivity contribution in [1.82, 2.24) is 5.32 Å². The highest BCUT2D eigenvalue weighted by Gasteiger charge is 2.25. The van der Waals surface area contributed by atoms with Crippen LogP contribution >= 0.6 is 0 Å². The molecule has 0 heterocycles. The van der Waals surface area contributed by atoms with Crippen molar-refractivity contribution in [3.05, 3.63) is 35.9 Å². The van der Waals surface area contributed by atoms with Gasteiger partial charge in [0.05, 0.1) is 6.42 Å². The molecule has 3 N–H and O–H groups in total. The van der Waals surface area contributed by atoms with Crippen LogP contribution in [0.15, 0.2) is 30.3 Å². The van der Waals surface area contributed by atoms with Crippen LogP contribution in [-0.4, -0.2) is 18.0 Å². The van der Waals surface area contributed by atoms with Crippen LogP contribution in [0.4, 0.5) is 0 Å². The molecule has 0 aliphatic carbocycles. The van der Waals surface area contributed by atoms with Crippen molar-refractivity contribution in [1.29, 1.82) is 0 Å². The molecule has 3 nitrogen and oxygen atoms in total. The Labute approximate surface area is 110 Å². The number of rotatable bonds is 6. The summed E-state index contributed by atoms with van der Waals surface area (Å²) in [7, 11) is 0. The highest BCUT2D eigenvalue weighted by molar-refractivity contribution is 5.79. The second-order valence-electron chi connectivity index (χ2n) is 5.57. The zero-order valence-electron chi connectivity index (χ0n) is 11.6. The van der Waals surface area contributed by atoms with E-state index in [2.05, 4.69) is 19.2 Å². The Bertz CT molecular complexity index is 375. The number of carbonyl (C=O) groups is 1. The fourth-order valence-electron chi connectivity index (χ4n) is 2.25. The third-order valence-corrected chi connectivity index (χ3v) is 2.96. The average Bonchev–Trinajstić information content (AvgIpc) is 2.28. The van der Waals surface area contributed by atoms with Gasteiger partial charge in [-0.3, -0.25) is 4.79 Å². The summed E-state index contributed by atoms with van der Waals surface area (Å²) in [5.74, 6) is 0.547. The van der Waals surface area contributed by atoms with Crippen LogP contribution < -0.4 is 11.1 Å². The van der Waals surface area contributed by atoms with Gasteiger partial charge in [-0.2, -0.15) is 0 Å². The second-order valence-corrected chi connectivity index (χ2v) is 5.57. The van der Waals surface area contributed by atoms with Crippen molar-refractivity contribution in [3.63, 3.8) is 0 Å². The van der Waals surface area contributed by atoms with E-state index in [1.165, 1.54) is 0 Å². The molecular weight excluding hydrogens is 224 g/mol. The molecule has 0 fully saturated rings. The molecule has 0 aliphatic rings. The molecule has 0 spiro atoms. The molecule has 1 atom stereocenters. The van der Waals surface area contributed by atoms with E-state index in [9.17, 15) is 4.79 Å². The van der Waals surface area contributed by atoms with E-state index in [0.29, 0.717) is 18.9 Å². The SMILES string of the molecule is CC(C)CC(C)(CN)NC(=O)Cc1ccccc1. The zero-order valence-corrected chi connectivity index (χ0v) is 11.6. The molecule has 1 unspecified atom stereocenters. The number of hydrogen-bond donors (Lipinski definition) is 2. The van der Waals surface area contributed by atoms with E-state index >= 15 is 0 Å². The maximum absolute atomic E-state index is 12.0. The highest BCUT2D eigenvalue weighted by Crippen LogP contribution is 2.15. The molecular formula is C15H24N2O. The van der Waals surface area contributed by atoms with E-state index < -0.39 is 0 Å². The molecule has 0 aromatic heterocycles. The lowest BCUT2D eigenvalue weighted by atomic mass is 9.90. The summed E-state index contributed by atoms with van der Waals surface area (Å²) in [6, 6.07) is 9.76. The smallest absolute Gasteiger partial charge is 0.224 e. The standard InChI is InChI=1S/C15H24N2O/c1-12(2)10-15(3,11-16)17-14(18)9-13-7-5-4-6-8-13/h4-8,12H,9-11,16H2,1-3H3,(H,17,18). The van der Waals surface area contributed by atoms with Gasteiger partial charge in [-0.25, -0.2) is 0 Å². The van der Waals surface area contributed by atoms with Gasteiger partial charge in [-0.1, -0.05) is 44.2 Å². The van der Waals surface area contributed by atoms with Gasteiger partial charge in [0.25, 0.3) is 0 Å². The Balaban J connectivity index is 2.57. The lowest BCUT2D eigenvalue weighted by molar-refractivity contribution is -0.122. The minimum Gasteiger partial charge on any atom is -0.349 e. The zero-order chi connectivity index (χ0) is 13.6. The van der Waals surface area contributed by atoms with Crippen LogP contribution in [0.25, 0.3) is 0 Å². The topological polar surface area (TPSA) is 55.1 Å².